The van der Waals surface area contributed by atoms with E-state index in [2.05, 4.69) is 17.6 Å². The fourth-order valence-electron chi connectivity index (χ4n) is 2.55. The summed E-state index contributed by atoms with van der Waals surface area (Å²) in [4.78, 5) is 24.0. The highest BCUT2D eigenvalue weighted by Crippen LogP contribution is 2.25. The molecule has 0 fully saturated rings. The van der Waals surface area contributed by atoms with Crippen molar-refractivity contribution in [2.75, 3.05) is 17.2 Å². The maximum Gasteiger partial charge on any atom is 0.338 e. The maximum atomic E-state index is 13.3. The van der Waals surface area contributed by atoms with Crippen LogP contribution in [-0.4, -0.2) is 18.6 Å². The van der Waals surface area contributed by atoms with E-state index in [0.29, 0.717) is 17.9 Å². The number of hydrogen-bond acceptors (Lipinski definition) is 3. The predicted molar refractivity (Wildman–Crippen MR) is 109 cm³/mol. The van der Waals surface area contributed by atoms with Crippen molar-refractivity contribution in [3.8, 4) is 0 Å². The zero-order chi connectivity index (χ0) is 21.2. The van der Waals surface area contributed by atoms with Gasteiger partial charge in [-0.25, -0.2) is 18.4 Å². The minimum atomic E-state index is -1.13. The normalized spacial score (nSPS) is 10.5. The molecule has 0 radical (unpaired) electrons. The van der Waals surface area contributed by atoms with Crippen LogP contribution in [0.5, 0.6) is 0 Å². The molecular formula is C21H23ClF2N2O3. The number of esters is 1. The zero-order valence-corrected chi connectivity index (χ0v) is 16.8. The molecule has 5 nitrogen and oxygen atoms in total. The van der Waals surface area contributed by atoms with Gasteiger partial charge in [-0.1, -0.05) is 44.2 Å². The number of halogens is 3. The molecular weight excluding hydrogens is 402 g/mol. The van der Waals surface area contributed by atoms with Crippen molar-refractivity contribution in [3.05, 3.63) is 58.6 Å². The molecule has 0 spiro atoms. The number of rotatable bonds is 9. The standard InChI is InChI=1S/C21H23ClF2N2O3/c1-2-3-4-5-6-11-29-20(27)14-7-9-15(10-8-14)25-21(28)26-19-13-18(24)17(23)12-16(19)22/h7-10,12-13H,2-6,11H2,1H3,(H2,25,26,28). The number of unbranched alkanes of at least 4 members (excludes halogenated alkanes) is 4. The minimum absolute atomic E-state index is 0.0674. The second kappa shape index (κ2) is 11.4. The van der Waals surface area contributed by atoms with Crippen molar-refractivity contribution in [1.82, 2.24) is 0 Å². The molecule has 0 heterocycles. The van der Waals surface area contributed by atoms with Crippen molar-refractivity contribution < 1.29 is 23.1 Å². The topological polar surface area (TPSA) is 67.4 Å². The summed E-state index contributed by atoms with van der Waals surface area (Å²) in [5.74, 6) is -2.66. The molecule has 0 saturated heterocycles. The lowest BCUT2D eigenvalue weighted by atomic mass is 10.2. The Kier molecular flexibility index (Phi) is 8.86. The molecule has 0 aromatic heterocycles. The second-order valence-corrected chi connectivity index (χ2v) is 6.86. The van der Waals surface area contributed by atoms with Gasteiger partial charge in [-0.2, -0.15) is 0 Å². The molecule has 2 aromatic carbocycles. The Bertz CT molecular complexity index is 845. The summed E-state index contributed by atoms with van der Waals surface area (Å²) in [5, 5.41) is 4.71. The van der Waals surface area contributed by atoms with Crippen LogP contribution in [0.1, 0.15) is 49.4 Å². The number of hydrogen-bond donors (Lipinski definition) is 2. The third-order valence-corrected chi connectivity index (χ3v) is 4.43. The molecule has 0 bridgehead atoms. The third-order valence-electron chi connectivity index (χ3n) is 4.12. The van der Waals surface area contributed by atoms with Crippen LogP contribution in [0.3, 0.4) is 0 Å². The Morgan fingerprint density at radius 2 is 1.62 bits per heavy atom. The summed E-state index contributed by atoms with van der Waals surface area (Å²) in [6.07, 6.45) is 5.33. The first-order valence-electron chi connectivity index (χ1n) is 9.40. The second-order valence-electron chi connectivity index (χ2n) is 6.45. The Morgan fingerprint density at radius 1 is 0.966 bits per heavy atom. The van der Waals surface area contributed by atoms with Gasteiger partial charge in [0.15, 0.2) is 11.6 Å². The monoisotopic (exact) mass is 424 g/mol. The van der Waals surface area contributed by atoms with E-state index < -0.39 is 23.6 Å². The Morgan fingerprint density at radius 3 is 2.31 bits per heavy atom. The summed E-state index contributed by atoms with van der Waals surface area (Å²) in [6.45, 7) is 2.51. The molecule has 2 aromatic rings. The van der Waals surface area contributed by atoms with Crippen LogP contribution in [0.15, 0.2) is 36.4 Å². The van der Waals surface area contributed by atoms with Crippen molar-refractivity contribution in [3.63, 3.8) is 0 Å². The lowest BCUT2D eigenvalue weighted by Crippen LogP contribution is -2.20. The van der Waals surface area contributed by atoms with Gasteiger partial charge in [-0.3, -0.25) is 0 Å². The maximum absolute atomic E-state index is 13.3. The van der Waals surface area contributed by atoms with Crippen LogP contribution in [0.25, 0.3) is 0 Å². The van der Waals surface area contributed by atoms with Gasteiger partial charge in [0.2, 0.25) is 0 Å². The number of amides is 2. The van der Waals surface area contributed by atoms with Gasteiger partial charge < -0.3 is 15.4 Å². The van der Waals surface area contributed by atoms with E-state index in [4.69, 9.17) is 16.3 Å². The van der Waals surface area contributed by atoms with Crippen LogP contribution < -0.4 is 10.6 Å². The van der Waals surface area contributed by atoms with E-state index >= 15 is 0 Å². The average Bonchev–Trinajstić information content (AvgIpc) is 2.69. The quantitative estimate of drug-likeness (QED) is 0.278. The molecule has 8 heteroatoms. The van der Waals surface area contributed by atoms with Crippen LogP contribution >= 0.6 is 11.6 Å². The molecule has 29 heavy (non-hydrogen) atoms. The molecule has 2 rings (SSSR count). The van der Waals surface area contributed by atoms with Gasteiger partial charge in [-0.05, 0) is 36.8 Å². The van der Waals surface area contributed by atoms with Gasteiger partial charge in [0.05, 0.1) is 22.9 Å². The lowest BCUT2D eigenvalue weighted by Gasteiger charge is -2.10. The molecule has 0 aliphatic heterocycles. The average molecular weight is 425 g/mol. The van der Waals surface area contributed by atoms with Crippen LogP contribution in [0.2, 0.25) is 5.02 Å². The Balaban J connectivity index is 1.83. The lowest BCUT2D eigenvalue weighted by molar-refractivity contribution is 0.0497. The van der Waals surface area contributed by atoms with Gasteiger partial charge in [0.1, 0.15) is 0 Å². The summed E-state index contributed by atoms with van der Waals surface area (Å²) >= 11 is 5.78. The predicted octanol–water partition coefficient (Wildman–Crippen LogP) is 6.39. The molecule has 0 atom stereocenters. The molecule has 2 N–H and O–H groups in total. The minimum Gasteiger partial charge on any atom is -0.462 e. The van der Waals surface area contributed by atoms with Gasteiger partial charge in [0.25, 0.3) is 0 Å². The molecule has 0 aliphatic carbocycles. The first-order valence-corrected chi connectivity index (χ1v) is 9.78. The van der Waals surface area contributed by atoms with Crippen molar-refractivity contribution >= 4 is 35.0 Å². The van der Waals surface area contributed by atoms with Crippen LogP contribution in [-0.2, 0) is 4.74 Å². The highest BCUT2D eigenvalue weighted by atomic mass is 35.5. The summed E-state index contributed by atoms with van der Waals surface area (Å²) in [6, 6.07) is 6.99. The Labute approximate surface area is 173 Å². The first-order chi connectivity index (χ1) is 13.9. The number of anilines is 2. The number of urea groups is 1. The van der Waals surface area contributed by atoms with E-state index in [1.54, 1.807) is 0 Å². The molecule has 2 amide bonds. The number of carbonyl (C=O) groups is 2. The van der Waals surface area contributed by atoms with Crippen LogP contribution in [0.4, 0.5) is 25.0 Å². The van der Waals surface area contributed by atoms with Crippen molar-refractivity contribution in [2.45, 2.75) is 39.0 Å². The fraction of sp³-hybridized carbons (Fsp3) is 0.333. The van der Waals surface area contributed by atoms with Gasteiger partial charge in [0, 0.05) is 11.8 Å². The fourth-order valence-corrected chi connectivity index (χ4v) is 2.74. The summed E-state index contributed by atoms with van der Waals surface area (Å²) in [5.41, 5.74) is 0.702. The van der Waals surface area contributed by atoms with Crippen LogP contribution in [0, 0.1) is 11.6 Å². The Hall–Kier alpha value is -2.67. The summed E-state index contributed by atoms with van der Waals surface area (Å²) in [7, 11) is 0. The highest BCUT2D eigenvalue weighted by Gasteiger charge is 2.12. The van der Waals surface area contributed by atoms with E-state index in [9.17, 15) is 18.4 Å². The number of nitrogens with one attached hydrogen (secondary N) is 2. The van der Waals surface area contributed by atoms with E-state index in [0.717, 1.165) is 37.8 Å². The third kappa shape index (κ3) is 7.34. The van der Waals surface area contributed by atoms with Crippen molar-refractivity contribution in [2.24, 2.45) is 0 Å². The first kappa shape index (κ1) is 22.6. The van der Waals surface area contributed by atoms with E-state index in [1.807, 2.05) is 0 Å². The SMILES string of the molecule is CCCCCCCOC(=O)c1ccc(NC(=O)Nc2cc(F)c(F)cc2Cl)cc1. The molecule has 156 valence electrons. The summed E-state index contributed by atoms with van der Waals surface area (Å²) < 4.78 is 31.6. The smallest absolute Gasteiger partial charge is 0.338 e. The number of benzene rings is 2. The van der Waals surface area contributed by atoms with E-state index in [1.165, 1.54) is 30.7 Å². The highest BCUT2D eigenvalue weighted by molar-refractivity contribution is 6.33. The zero-order valence-electron chi connectivity index (χ0n) is 16.1. The number of ether oxygens (including phenoxy) is 1. The molecule has 0 aliphatic rings. The van der Waals surface area contributed by atoms with Gasteiger partial charge >= 0.3 is 12.0 Å². The largest absolute Gasteiger partial charge is 0.462 e. The van der Waals surface area contributed by atoms with Crippen molar-refractivity contribution in [1.29, 1.82) is 0 Å². The van der Waals surface area contributed by atoms with Gasteiger partial charge in [-0.15, -0.1) is 0 Å². The number of carbonyl (C=O) groups excluding carboxylic acids is 2. The molecule has 0 saturated carbocycles. The van der Waals surface area contributed by atoms with E-state index in [-0.39, 0.29) is 10.7 Å². The molecule has 0 unspecified atom stereocenters.